The summed E-state index contributed by atoms with van der Waals surface area (Å²) in [5, 5.41) is 10.4. The molecule has 2 aromatic heterocycles. The first-order chi connectivity index (χ1) is 22.2. The van der Waals surface area contributed by atoms with Crippen molar-refractivity contribution in [3.8, 4) is 45.3 Å². The van der Waals surface area contributed by atoms with Crippen molar-refractivity contribution >= 4 is 29.1 Å². The average Bonchev–Trinajstić information content (AvgIpc) is 3.46. The number of carbonyl (C=O) groups is 1. The summed E-state index contributed by atoms with van der Waals surface area (Å²) in [5.41, 5.74) is 4.89. The van der Waals surface area contributed by atoms with Crippen molar-refractivity contribution in [1.82, 2.24) is 25.9 Å². The monoisotopic (exact) mass is 665 g/mol. The number of rotatable bonds is 13. The summed E-state index contributed by atoms with van der Waals surface area (Å²) in [5.74, 6) is 1.01. The molecule has 11 heteroatoms. The third-order valence-electron chi connectivity index (χ3n) is 7.88. The van der Waals surface area contributed by atoms with Gasteiger partial charge in [0.25, 0.3) is 0 Å². The zero-order chi connectivity index (χ0) is 32.8. The Morgan fingerprint density at radius 1 is 1.00 bits per heavy atom. The number of benzene rings is 2. The van der Waals surface area contributed by atoms with Gasteiger partial charge >= 0.3 is 0 Å². The lowest BCUT2D eigenvalue weighted by atomic mass is 9.99. The molecule has 1 amide bonds. The standard InChI is InChI=1S/C35H38Cl2FN5O3/c1-20(2)16-39-19-27-28(38)14-22(15-30(27)45-3)34-33(37)25(12-13-41-34)24-6-5-7-26(32(24)36)29-10-8-21(35(43-29)46-4)17-40-18-23-9-11-31(44)42-23/h5-8,10,12-15,20,23,39-40H,9,11,16-19H2,1-4H3,(H,42,44)/t23-/m0/s1. The van der Waals surface area contributed by atoms with Gasteiger partial charge in [0.15, 0.2) is 0 Å². The fourth-order valence-electron chi connectivity index (χ4n) is 5.52. The molecule has 1 saturated heterocycles. The van der Waals surface area contributed by atoms with Gasteiger partial charge in [-0.2, -0.15) is 0 Å². The maximum Gasteiger partial charge on any atom is 0.220 e. The highest BCUT2D eigenvalue weighted by Crippen LogP contribution is 2.42. The fraction of sp³-hybridized carbons (Fsp3) is 0.343. The van der Waals surface area contributed by atoms with Gasteiger partial charge in [0.1, 0.15) is 11.6 Å². The summed E-state index contributed by atoms with van der Waals surface area (Å²) in [6.07, 6.45) is 3.02. The normalized spacial score (nSPS) is 14.5. The van der Waals surface area contributed by atoms with E-state index in [1.807, 2.05) is 30.3 Å². The molecule has 1 aliphatic heterocycles. The summed E-state index contributed by atoms with van der Waals surface area (Å²) >= 11 is 14.0. The van der Waals surface area contributed by atoms with E-state index in [9.17, 15) is 4.79 Å². The van der Waals surface area contributed by atoms with Crippen LogP contribution in [0.3, 0.4) is 0 Å². The van der Waals surface area contributed by atoms with Crippen LogP contribution in [0.15, 0.2) is 54.7 Å². The van der Waals surface area contributed by atoms with E-state index in [2.05, 4.69) is 34.8 Å². The Labute approximate surface area is 279 Å². The topological polar surface area (TPSA) is 97.4 Å². The van der Waals surface area contributed by atoms with Gasteiger partial charge in [-0.05, 0) is 43.1 Å². The van der Waals surface area contributed by atoms with Gasteiger partial charge in [-0.3, -0.25) is 9.78 Å². The molecule has 3 heterocycles. The first-order valence-electron chi connectivity index (χ1n) is 15.2. The van der Waals surface area contributed by atoms with E-state index in [0.717, 1.165) is 18.5 Å². The summed E-state index contributed by atoms with van der Waals surface area (Å²) in [7, 11) is 3.10. The second kappa shape index (κ2) is 15.2. The van der Waals surface area contributed by atoms with Crippen LogP contribution >= 0.6 is 23.2 Å². The Kier molecular flexibility index (Phi) is 11.1. The minimum absolute atomic E-state index is 0.0900. The third-order valence-corrected chi connectivity index (χ3v) is 8.67. The van der Waals surface area contributed by atoms with Crippen LogP contribution < -0.4 is 25.4 Å². The Bertz CT molecular complexity index is 1720. The van der Waals surface area contributed by atoms with Crippen LogP contribution in [-0.4, -0.2) is 49.2 Å². The van der Waals surface area contributed by atoms with E-state index in [4.69, 9.17) is 37.7 Å². The van der Waals surface area contributed by atoms with Crippen molar-refractivity contribution in [2.45, 2.75) is 45.8 Å². The Balaban J connectivity index is 1.41. The number of hydrogen-bond acceptors (Lipinski definition) is 7. The van der Waals surface area contributed by atoms with Crippen LogP contribution in [0.1, 0.15) is 37.8 Å². The summed E-state index contributed by atoms with van der Waals surface area (Å²) in [4.78, 5) is 20.7. The van der Waals surface area contributed by atoms with Crippen LogP contribution in [0.25, 0.3) is 33.6 Å². The molecule has 0 aliphatic carbocycles. The van der Waals surface area contributed by atoms with Gasteiger partial charge in [-0.15, -0.1) is 0 Å². The maximum absolute atomic E-state index is 15.4. The van der Waals surface area contributed by atoms with Crippen LogP contribution in [0.4, 0.5) is 4.39 Å². The molecule has 242 valence electrons. The molecule has 0 saturated carbocycles. The third kappa shape index (κ3) is 7.61. The van der Waals surface area contributed by atoms with Crippen molar-refractivity contribution in [3.05, 3.63) is 81.7 Å². The van der Waals surface area contributed by atoms with E-state index in [-0.39, 0.29) is 11.9 Å². The largest absolute Gasteiger partial charge is 0.496 e. The molecule has 46 heavy (non-hydrogen) atoms. The van der Waals surface area contributed by atoms with Crippen molar-refractivity contribution in [2.75, 3.05) is 27.3 Å². The number of ether oxygens (including phenoxy) is 2. The molecular formula is C35H38Cl2FN5O3. The molecule has 5 rings (SSSR count). The zero-order valence-corrected chi connectivity index (χ0v) is 27.9. The number of hydrogen-bond donors (Lipinski definition) is 3. The molecule has 3 N–H and O–H groups in total. The van der Waals surface area contributed by atoms with Crippen molar-refractivity contribution in [1.29, 1.82) is 0 Å². The van der Waals surface area contributed by atoms with Gasteiger partial charge in [-0.25, -0.2) is 9.37 Å². The second-order valence-corrected chi connectivity index (χ2v) is 12.4. The van der Waals surface area contributed by atoms with Crippen LogP contribution in [0, 0.1) is 11.7 Å². The van der Waals surface area contributed by atoms with Crippen LogP contribution in [0.2, 0.25) is 10.0 Å². The molecule has 1 aliphatic rings. The van der Waals surface area contributed by atoms with E-state index in [0.29, 0.717) is 92.9 Å². The maximum atomic E-state index is 15.4. The summed E-state index contributed by atoms with van der Waals surface area (Å²) in [6.45, 7) is 6.48. The Morgan fingerprint density at radius 3 is 2.50 bits per heavy atom. The number of carbonyl (C=O) groups excluding carboxylic acids is 1. The van der Waals surface area contributed by atoms with Gasteiger partial charge in [0.2, 0.25) is 11.8 Å². The first kappa shape index (κ1) is 33.6. The quantitative estimate of drug-likeness (QED) is 0.141. The Morgan fingerprint density at radius 2 is 1.78 bits per heavy atom. The number of pyridine rings is 2. The van der Waals surface area contributed by atoms with E-state index in [1.54, 1.807) is 25.4 Å². The molecule has 1 atom stereocenters. The molecule has 4 aromatic rings. The number of amides is 1. The molecular weight excluding hydrogens is 628 g/mol. The molecule has 0 spiro atoms. The lowest BCUT2D eigenvalue weighted by Crippen LogP contribution is -2.35. The smallest absolute Gasteiger partial charge is 0.220 e. The highest BCUT2D eigenvalue weighted by Gasteiger charge is 2.22. The second-order valence-electron chi connectivity index (χ2n) is 11.7. The zero-order valence-electron chi connectivity index (χ0n) is 26.3. The van der Waals surface area contributed by atoms with Crippen molar-refractivity contribution in [3.63, 3.8) is 0 Å². The molecule has 0 unspecified atom stereocenters. The van der Waals surface area contributed by atoms with Crippen molar-refractivity contribution in [2.24, 2.45) is 5.92 Å². The molecule has 0 radical (unpaired) electrons. The van der Waals surface area contributed by atoms with E-state index >= 15 is 4.39 Å². The number of aromatic nitrogens is 2. The van der Waals surface area contributed by atoms with Gasteiger partial charge in [0, 0.05) is 71.7 Å². The minimum atomic E-state index is -0.405. The average molecular weight is 667 g/mol. The SMILES string of the molecule is COc1cc(-c2nccc(-c3cccc(-c4ccc(CNC[C@@H]5CCC(=O)N5)c(OC)n4)c3Cl)c2Cl)cc(F)c1CNCC(C)C. The molecule has 2 aromatic carbocycles. The Hall–Kier alpha value is -3.76. The van der Waals surface area contributed by atoms with Gasteiger partial charge in [0.05, 0.1) is 35.7 Å². The summed E-state index contributed by atoms with van der Waals surface area (Å²) < 4.78 is 26.5. The fourth-order valence-corrected chi connectivity index (χ4v) is 6.17. The highest BCUT2D eigenvalue weighted by atomic mass is 35.5. The van der Waals surface area contributed by atoms with E-state index < -0.39 is 5.82 Å². The minimum Gasteiger partial charge on any atom is -0.496 e. The molecule has 8 nitrogen and oxygen atoms in total. The van der Waals surface area contributed by atoms with Crippen molar-refractivity contribution < 1.29 is 18.7 Å². The predicted octanol–water partition coefficient (Wildman–Crippen LogP) is 7.05. The van der Waals surface area contributed by atoms with Crippen LogP contribution in [-0.2, 0) is 17.9 Å². The number of methoxy groups -OCH3 is 2. The number of halogens is 3. The van der Waals surface area contributed by atoms with Gasteiger partial charge < -0.3 is 25.4 Å². The lowest BCUT2D eigenvalue weighted by Gasteiger charge is -2.16. The van der Waals surface area contributed by atoms with Crippen LogP contribution in [0.5, 0.6) is 11.6 Å². The molecule has 0 bridgehead atoms. The van der Waals surface area contributed by atoms with Gasteiger partial charge in [-0.1, -0.05) is 61.3 Å². The van der Waals surface area contributed by atoms with E-state index in [1.165, 1.54) is 13.2 Å². The number of nitrogens with one attached hydrogen (secondary N) is 3. The molecule has 1 fully saturated rings. The predicted molar refractivity (Wildman–Crippen MR) is 181 cm³/mol. The lowest BCUT2D eigenvalue weighted by molar-refractivity contribution is -0.119. The highest BCUT2D eigenvalue weighted by molar-refractivity contribution is 6.39. The summed E-state index contributed by atoms with van der Waals surface area (Å²) in [6, 6.07) is 14.6. The first-order valence-corrected chi connectivity index (χ1v) is 16.0. The number of nitrogens with zero attached hydrogens (tertiary/aromatic N) is 2.